The zero-order valence-electron chi connectivity index (χ0n) is 11.2. The molecule has 21 heavy (non-hydrogen) atoms. The molecule has 0 aliphatic carbocycles. The average molecular weight is 311 g/mol. The van der Waals surface area contributed by atoms with Crippen LogP contribution in [-0.4, -0.2) is 5.91 Å². The maximum atomic E-state index is 13.7. The van der Waals surface area contributed by atoms with Crippen molar-refractivity contribution in [2.75, 3.05) is 5.32 Å². The molecule has 1 amide bonds. The van der Waals surface area contributed by atoms with Crippen LogP contribution in [-0.2, 0) is 10.3 Å². The molecule has 2 rings (SSSR count). The molecule has 0 bridgehead atoms. The van der Waals surface area contributed by atoms with Crippen molar-refractivity contribution < 1.29 is 13.6 Å². The van der Waals surface area contributed by atoms with Gasteiger partial charge in [0.2, 0.25) is 5.91 Å². The van der Waals surface area contributed by atoms with Crippen LogP contribution in [0.2, 0.25) is 5.02 Å². The van der Waals surface area contributed by atoms with Crippen LogP contribution in [0.4, 0.5) is 14.5 Å². The van der Waals surface area contributed by atoms with Gasteiger partial charge in [-0.25, -0.2) is 8.78 Å². The first kappa shape index (κ1) is 15.4. The summed E-state index contributed by atoms with van der Waals surface area (Å²) in [6.07, 6.45) is 0. The lowest BCUT2D eigenvalue weighted by atomic mass is 9.92. The molecule has 3 N–H and O–H groups in total. The van der Waals surface area contributed by atoms with Crippen LogP contribution in [0.3, 0.4) is 0 Å². The third kappa shape index (κ3) is 3.20. The lowest BCUT2D eigenvalue weighted by Crippen LogP contribution is -2.45. The number of carbonyl (C=O) groups is 1. The molecule has 1 unspecified atom stereocenters. The van der Waals surface area contributed by atoms with Gasteiger partial charge in [0.05, 0.1) is 10.7 Å². The fourth-order valence-corrected chi connectivity index (χ4v) is 2.06. The molecule has 0 spiro atoms. The van der Waals surface area contributed by atoms with Gasteiger partial charge in [-0.2, -0.15) is 0 Å². The summed E-state index contributed by atoms with van der Waals surface area (Å²) in [6.45, 7) is 1.49. The minimum absolute atomic E-state index is 0.232. The highest BCUT2D eigenvalue weighted by Crippen LogP contribution is 2.28. The predicted octanol–water partition coefficient (Wildman–Crippen LogP) is 3.43. The minimum atomic E-state index is -1.38. The van der Waals surface area contributed by atoms with Crippen molar-refractivity contribution in [1.82, 2.24) is 0 Å². The number of hydrogen-bond donors (Lipinski definition) is 2. The number of amides is 1. The Balaban J connectivity index is 2.30. The molecule has 0 radical (unpaired) electrons. The van der Waals surface area contributed by atoms with E-state index < -0.39 is 23.1 Å². The summed E-state index contributed by atoms with van der Waals surface area (Å²) in [5.41, 5.74) is 4.89. The molecule has 0 heterocycles. The molecular weight excluding hydrogens is 298 g/mol. The van der Waals surface area contributed by atoms with Gasteiger partial charge in [-0.15, -0.1) is 0 Å². The first-order chi connectivity index (χ1) is 9.82. The van der Waals surface area contributed by atoms with Crippen LogP contribution in [0, 0.1) is 11.6 Å². The van der Waals surface area contributed by atoms with Crippen molar-refractivity contribution in [2.45, 2.75) is 12.5 Å². The summed E-state index contributed by atoms with van der Waals surface area (Å²) in [5, 5.41) is 2.08. The van der Waals surface area contributed by atoms with Gasteiger partial charge in [-0.3, -0.25) is 4.79 Å². The van der Waals surface area contributed by atoms with Gasteiger partial charge < -0.3 is 11.1 Å². The van der Waals surface area contributed by atoms with Crippen LogP contribution < -0.4 is 11.1 Å². The molecule has 2 aromatic rings. The van der Waals surface area contributed by atoms with Crippen LogP contribution in [0.25, 0.3) is 0 Å². The van der Waals surface area contributed by atoms with Crippen molar-refractivity contribution in [1.29, 1.82) is 0 Å². The molecule has 0 saturated carbocycles. The van der Waals surface area contributed by atoms with Crippen LogP contribution >= 0.6 is 11.6 Å². The second-order valence-corrected chi connectivity index (χ2v) is 5.17. The van der Waals surface area contributed by atoms with E-state index in [-0.39, 0.29) is 10.7 Å². The third-order valence-corrected chi connectivity index (χ3v) is 3.39. The summed E-state index contributed by atoms with van der Waals surface area (Å²) in [5.74, 6) is -2.44. The van der Waals surface area contributed by atoms with E-state index in [0.717, 1.165) is 6.07 Å². The van der Waals surface area contributed by atoms with Crippen molar-refractivity contribution in [3.8, 4) is 0 Å². The van der Waals surface area contributed by atoms with Crippen LogP contribution in [0.1, 0.15) is 12.5 Å². The van der Waals surface area contributed by atoms with E-state index in [1.54, 1.807) is 30.3 Å². The van der Waals surface area contributed by atoms with Gasteiger partial charge in [0.15, 0.2) is 5.82 Å². The number of nitrogens with two attached hydrogens (primary N) is 1. The summed E-state index contributed by atoms with van der Waals surface area (Å²) in [7, 11) is 0. The Labute approximate surface area is 125 Å². The maximum absolute atomic E-state index is 13.7. The van der Waals surface area contributed by atoms with Gasteiger partial charge in [0.25, 0.3) is 0 Å². The number of benzene rings is 2. The van der Waals surface area contributed by atoms with E-state index in [9.17, 15) is 13.6 Å². The largest absolute Gasteiger partial charge is 0.320 e. The molecule has 2 aromatic carbocycles. The SMILES string of the molecule is CC(N)(C(=O)Nc1c(F)cc(F)cc1Cl)c1ccccc1. The van der Waals surface area contributed by atoms with E-state index in [1.807, 2.05) is 0 Å². The molecule has 110 valence electrons. The third-order valence-electron chi connectivity index (χ3n) is 3.09. The number of halogens is 3. The second kappa shape index (κ2) is 5.79. The highest BCUT2D eigenvalue weighted by molar-refractivity contribution is 6.33. The predicted molar refractivity (Wildman–Crippen MR) is 78.0 cm³/mol. The van der Waals surface area contributed by atoms with Gasteiger partial charge in [0, 0.05) is 6.07 Å². The van der Waals surface area contributed by atoms with Gasteiger partial charge in [-0.05, 0) is 18.6 Å². The smallest absolute Gasteiger partial charge is 0.248 e. The van der Waals surface area contributed by atoms with E-state index in [1.165, 1.54) is 6.92 Å². The molecular formula is C15H13ClF2N2O. The number of anilines is 1. The molecule has 1 atom stereocenters. The number of carbonyl (C=O) groups excluding carboxylic acids is 1. The van der Waals surface area contributed by atoms with E-state index >= 15 is 0 Å². The Kier molecular flexibility index (Phi) is 4.25. The first-order valence-electron chi connectivity index (χ1n) is 6.13. The number of rotatable bonds is 3. The minimum Gasteiger partial charge on any atom is -0.320 e. The Morgan fingerprint density at radius 1 is 1.24 bits per heavy atom. The highest BCUT2D eigenvalue weighted by Gasteiger charge is 2.31. The Morgan fingerprint density at radius 3 is 2.43 bits per heavy atom. The summed E-state index contributed by atoms with van der Waals surface area (Å²) >= 11 is 5.74. The zero-order valence-corrected chi connectivity index (χ0v) is 11.9. The van der Waals surface area contributed by atoms with E-state index in [4.69, 9.17) is 17.3 Å². The van der Waals surface area contributed by atoms with Crippen LogP contribution in [0.15, 0.2) is 42.5 Å². The molecule has 0 fully saturated rings. The molecule has 0 aromatic heterocycles. The van der Waals surface area contributed by atoms with Gasteiger partial charge in [-0.1, -0.05) is 41.9 Å². The molecule has 3 nitrogen and oxygen atoms in total. The quantitative estimate of drug-likeness (QED) is 0.912. The molecule has 0 aliphatic rings. The number of nitrogens with one attached hydrogen (secondary N) is 1. The van der Waals surface area contributed by atoms with Crippen molar-refractivity contribution >= 4 is 23.2 Å². The normalized spacial score (nSPS) is 13.6. The standard InChI is InChI=1S/C15H13ClF2N2O/c1-15(19,9-5-3-2-4-6-9)14(21)20-13-11(16)7-10(17)8-12(13)18/h2-8H,19H2,1H3,(H,20,21). The monoisotopic (exact) mass is 310 g/mol. The lowest BCUT2D eigenvalue weighted by Gasteiger charge is -2.24. The van der Waals surface area contributed by atoms with Gasteiger partial charge >= 0.3 is 0 Å². The summed E-state index contributed by atoms with van der Waals surface area (Å²) in [4.78, 5) is 12.3. The second-order valence-electron chi connectivity index (χ2n) is 4.77. The molecule has 0 saturated heterocycles. The summed E-state index contributed by atoms with van der Waals surface area (Å²) in [6, 6.07) is 10.2. The van der Waals surface area contributed by atoms with E-state index in [2.05, 4.69) is 5.32 Å². The Hall–Kier alpha value is -1.98. The van der Waals surface area contributed by atoms with Gasteiger partial charge in [0.1, 0.15) is 11.4 Å². The summed E-state index contributed by atoms with van der Waals surface area (Å²) < 4.78 is 26.7. The van der Waals surface area contributed by atoms with Crippen LogP contribution in [0.5, 0.6) is 0 Å². The fourth-order valence-electron chi connectivity index (χ4n) is 1.82. The topological polar surface area (TPSA) is 55.1 Å². The molecule has 0 aliphatic heterocycles. The van der Waals surface area contributed by atoms with Crippen molar-refractivity contribution in [2.24, 2.45) is 5.73 Å². The Bertz CT molecular complexity index is 652. The number of hydrogen-bond acceptors (Lipinski definition) is 2. The van der Waals surface area contributed by atoms with Crippen molar-refractivity contribution in [3.63, 3.8) is 0 Å². The zero-order chi connectivity index (χ0) is 15.6. The maximum Gasteiger partial charge on any atom is 0.248 e. The van der Waals surface area contributed by atoms with E-state index in [0.29, 0.717) is 11.6 Å². The fraction of sp³-hybridized carbons (Fsp3) is 0.133. The highest BCUT2D eigenvalue weighted by atomic mass is 35.5. The lowest BCUT2D eigenvalue weighted by molar-refractivity contribution is -0.120. The first-order valence-corrected chi connectivity index (χ1v) is 6.50. The molecule has 6 heteroatoms. The average Bonchev–Trinajstić information content (AvgIpc) is 2.43. The van der Waals surface area contributed by atoms with Crippen molar-refractivity contribution in [3.05, 3.63) is 64.7 Å². The Morgan fingerprint density at radius 2 is 1.86 bits per heavy atom.